The van der Waals surface area contributed by atoms with Crippen LogP contribution >= 0.6 is 0 Å². The molecule has 1 aromatic rings. The lowest BCUT2D eigenvalue weighted by molar-refractivity contribution is -0.131. The van der Waals surface area contributed by atoms with Gasteiger partial charge in [0, 0.05) is 52.0 Å². The predicted molar refractivity (Wildman–Crippen MR) is 88.0 cm³/mol. The van der Waals surface area contributed by atoms with Crippen molar-refractivity contribution < 1.29 is 14.1 Å². The molecule has 0 radical (unpaired) electrons. The Hall–Kier alpha value is -1.96. The summed E-state index contributed by atoms with van der Waals surface area (Å²) in [6, 6.07) is 0.282. The molecule has 8 nitrogen and oxygen atoms in total. The van der Waals surface area contributed by atoms with E-state index >= 15 is 0 Å². The van der Waals surface area contributed by atoms with Crippen molar-refractivity contribution in [3.8, 4) is 0 Å². The lowest BCUT2D eigenvalue weighted by Gasteiger charge is -2.27. The molecule has 1 N–H and O–H groups in total. The molecular formula is C16H27N5O3. The Morgan fingerprint density at radius 1 is 1.46 bits per heavy atom. The summed E-state index contributed by atoms with van der Waals surface area (Å²) in [5.41, 5.74) is 0. The van der Waals surface area contributed by atoms with Crippen molar-refractivity contribution in [1.82, 2.24) is 25.3 Å². The van der Waals surface area contributed by atoms with E-state index in [4.69, 9.17) is 4.52 Å². The van der Waals surface area contributed by atoms with E-state index in [9.17, 15) is 9.59 Å². The highest BCUT2D eigenvalue weighted by atomic mass is 16.5. The molecule has 2 amide bonds. The number of rotatable bonds is 7. The summed E-state index contributed by atoms with van der Waals surface area (Å²) >= 11 is 0. The fraction of sp³-hybridized carbons (Fsp3) is 0.750. The Bertz CT molecular complexity index is 572. The quantitative estimate of drug-likeness (QED) is 0.788. The minimum Gasteiger partial charge on any atom is -0.354 e. The molecule has 1 aliphatic heterocycles. The van der Waals surface area contributed by atoms with Crippen LogP contribution in [-0.2, 0) is 16.1 Å². The smallest absolute Gasteiger partial charge is 0.223 e. The molecule has 2 heterocycles. The summed E-state index contributed by atoms with van der Waals surface area (Å²) in [5, 5.41) is 6.77. The lowest BCUT2D eigenvalue weighted by Crippen LogP contribution is -2.41. The zero-order chi connectivity index (χ0) is 17.7. The van der Waals surface area contributed by atoms with Crippen molar-refractivity contribution in [2.24, 2.45) is 0 Å². The molecule has 1 fully saturated rings. The van der Waals surface area contributed by atoms with Crippen LogP contribution in [0.4, 0.5) is 0 Å². The second kappa shape index (κ2) is 8.23. The van der Waals surface area contributed by atoms with Crippen LogP contribution in [0.3, 0.4) is 0 Å². The minimum absolute atomic E-state index is 0.00172. The summed E-state index contributed by atoms with van der Waals surface area (Å²) in [4.78, 5) is 31.9. The Labute approximate surface area is 142 Å². The lowest BCUT2D eigenvalue weighted by atomic mass is 10.2. The van der Waals surface area contributed by atoms with Gasteiger partial charge < -0.3 is 19.6 Å². The molecule has 134 valence electrons. The van der Waals surface area contributed by atoms with Crippen LogP contribution in [-0.4, -0.2) is 63.5 Å². The maximum atomic E-state index is 12.0. The molecule has 1 saturated heterocycles. The maximum absolute atomic E-state index is 12.0. The fourth-order valence-electron chi connectivity index (χ4n) is 2.98. The number of carbonyl (C=O) groups is 2. The molecule has 0 saturated carbocycles. The van der Waals surface area contributed by atoms with Gasteiger partial charge in [0.25, 0.3) is 0 Å². The molecule has 0 unspecified atom stereocenters. The van der Waals surface area contributed by atoms with Crippen molar-refractivity contribution in [2.75, 3.05) is 19.6 Å². The topological polar surface area (TPSA) is 91.6 Å². The van der Waals surface area contributed by atoms with E-state index in [1.165, 1.54) is 0 Å². The van der Waals surface area contributed by atoms with E-state index in [2.05, 4.69) is 20.4 Å². The van der Waals surface area contributed by atoms with Crippen LogP contribution in [0, 0.1) is 6.92 Å². The van der Waals surface area contributed by atoms with Gasteiger partial charge in [-0.2, -0.15) is 4.98 Å². The van der Waals surface area contributed by atoms with Gasteiger partial charge in [0.05, 0.1) is 6.54 Å². The fourth-order valence-corrected chi connectivity index (χ4v) is 2.98. The Kier molecular flexibility index (Phi) is 6.30. The van der Waals surface area contributed by atoms with Gasteiger partial charge in [0.2, 0.25) is 17.7 Å². The first-order valence-corrected chi connectivity index (χ1v) is 8.43. The average molecular weight is 337 g/mol. The van der Waals surface area contributed by atoms with Gasteiger partial charge in [-0.25, -0.2) is 0 Å². The molecule has 0 bridgehead atoms. The van der Waals surface area contributed by atoms with Gasteiger partial charge in [0.15, 0.2) is 5.82 Å². The number of likely N-dealkylation sites (tertiary alicyclic amines) is 1. The van der Waals surface area contributed by atoms with Crippen LogP contribution in [0.15, 0.2) is 4.52 Å². The van der Waals surface area contributed by atoms with Gasteiger partial charge in [-0.15, -0.1) is 0 Å². The highest BCUT2D eigenvalue weighted by Crippen LogP contribution is 2.18. The van der Waals surface area contributed by atoms with E-state index in [0.29, 0.717) is 31.2 Å². The Morgan fingerprint density at radius 3 is 2.79 bits per heavy atom. The molecule has 1 aromatic heterocycles. The van der Waals surface area contributed by atoms with Gasteiger partial charge >= 0.3 is 0 Å². The van der Waals surface area contributed by atoms with Gasteiger partial charge in [-0.1, -0.05) is 5.16 Å². The predicted octanol–water partition coefficient (Wildman–Crippen LogP) is 0.716. The zero-order valence-corrected chi connectivity index (χ0v) is 14.9. The molecule has 24 heavy (non-hydrogen) atoms. The van der Waals surface area contributed by atoms with Crippen LogP contribution in [0.25, 0.3) is 0 Å². The number of aromatic nitrogens is 2. The van der Waals surface area contributed by atoms with Gasteiger partial charge in [0.1, 0.15) is 0 Å². The summed E-state index contributed by atoms with van der Waals surface area (Å²) < 4.78 is 4.97. The van der Waals surface area contributed by atoms with Crippen molar-refractivity contribution in [3.05, 3.63) is 11.7 Å². The summed E-state index contributed by atoms with van der Waals surface area (Å²) in [6.45, 7) is 9.92. The minimum atomic E-state index is 0.00172. The number of amides is 2. The third-order valence-corrected chi connectivity index (χ3v) is 4.08. The molecule has 0 aliphatic carbocycles. The first-order valence-electron chi connectivity index (χ1n) is 8.43. The van der Waals surface area contributed by atoms with Crippen molar-refractivity contribution in [1.29, 1.82) is 0 Å². The van der Waals surface area contributed by atoms with E-state index < -0.39 is 0 Å². The van der Waals surface area contributed by atoms with Crippen LogP contribution in [0.2, 0.25) is 0 Å². The number of hydrogen-bond donors (Lipinski definition) is 1. The maximum Gasteiger partial charge on any atom is 0.223 e. The van der Waals surface area contributed by atoms with Crippen LogP contribution < -0.4 is 5.32 Å². The monoisotopic (exact) mass is 337 g/mol. The van der Waals surface area contributed by atoms with Crippen LogP contribution in [0.5, 0.6) is 0 Å². The first kappa shape index (κ1) is 18.4. The molecule has 0 aromatic carbocycles. The molecule has 2 rings (SSSR count). The normalized spacial score (nSPS) is 18.1. The third kappa shape index (κ3) is 5.30. The highest BCUT2D eigenvalue weighted by molar-refractivity contribution is 5.76. The van der Waals surface area contributed by atoms with E-state index in [1.54, 1.807) is 18.7 Å². The largest absolute Gasteiger partial charge is 0.354 e. The number of aryl methyl sites for hydroxylation is 1. The molecule has 0 spiro atoms. The van der Waals surface area contributed by atoms with E-state index in [0.717, 1.165) is 19.5 Å². The second-order valence-electron chi connectivity index (χ2n) is 6.59. The summed E-state index contributed by atoms with van der Waals surface area (Å²) in [7, 11) is 0. The van der Waals surface area contributed by atoms with Crippen molar-refractivity contribution >= 4 is 11.8 Å². The highest BCUT2D eigenvalue weighted by Gasteiger charge is 2.30. The zero-order valence-electron chi connectivity index (χ0n) is 14.9. The summed E-state index contributed by atoms with van der Waals surface area (Å²) in [6.07, 6.45) is 1.37. The average Bonchev–Trinajstić information content (AvgIpc) is 3.10. The molecule has 1 atom stereocenters. The number of nitrogens with zero attached hydrogens (tertiary/aromatic N) is 4. The third-order valence-electron chi connectivity index (χ3n) is 4.08. The standard InChI is InChI=1S/C16H27N5O3/c1-11(2)17-16(23)6-8-20-7-5-14(9-20)21(13(4)22)10-15-18-12(3)24-19-15/h11,14H,5-10H2,1-4H3,(H,17,23)/t14-/m0/s1. The number of nitrogens with one attached hydrogen (secondary N) is 1. The number of hydrogen-bond acceptors (Lipinski definition) is 6. The number of carbonyl (C=O) groups excluding carboxylic acids is 2. The summed E-state index contributed by atoms with van der Waals surface area (Å²) in [5.74, 6) is 1.09. The SMILES string of the molecule is CC(=O)N(Cc1noc(C)n1)[C@H]1CCN(CCC(=O)NC(C)C)C1. The molecular weight excluding hydrogens is 310 g/mol. The van der Waals surface area contributed by atoms with Crippen LogP contribution in [0.1, 0.15) is 45.3 Å². The van der Waals surface area contributed by atoms with Crippen molar-refractivity contribution in [3.63, 3.8) is 0 Å². The first-order chi connectivity index (χ1) is 11.3. The molecule has 8 heteroatoms. The van der Waals surface area contributed by atoms with Gasteiger partial charge in [-0.3, -0.25) is 9.59 Å². The Morgan fingerprint density at radius 2 is 2.21 bits per heavy atom. The van der Waals surface area contributed by atoms with E-state index in [-0.39, 0.29) is 23.9 Å². The van der Waals surface area contributed by atoms with E-state index in [1.807, 2.05) is 13.8 Å². The molecule has 1 aliphatic rings. The second-order valence-corrected chi connectivity index (χ2v) is 6.59. The van der Waals surface area contributed by atoms with Gasteiger partial charge in [-0.05, 0) is 20.3 Å². The Balaban J connectivity index is 1.85. The van der Waals surface area contributed by atoms with Crippen molar-refractivity contribution in [2.45, 2.75) is 59.2 Å².